The number of hydrogen-bond donors (Lipinski definition) is 0. The van der Waals surface area contributed by atoms with Gasteiger partial charge in [-0.1, -0.05) is 0 Å². The first-order valence-corrected chi connectivity index (χ1v) is 6.68. The maximum absolute atomic E-state index is 12.0. The lowest BCUT2D eigenvalue weighted by molar-refractivity contribution is -0.120. The lowest BCUT2D eigenvalue weighted by Gasteiger charge is -2.25. The summed E-state index contributed by atoms with van der Waals surface area (Å²) in [4.78, 5) is 25.6. The molecule has 1 aromatic rings. The average Bonchev–Trinajstić information content (AvgIpc) is 2.65. The molecule has 0 aliphatic carbocycles. The highest BCUT2D eigenvalue weighted by molar-refractivity contribution is 14.1. The molecule has 80 valence electrons. The molecule has 0 spiro atoms. The van der Waals surface area contributed by atoms with Crippen molar-refractivity contribution in [1.82, 2.24) is 4.90 Å². The van der Waals surface area contributed by atoms with Crippen molar-refractivity contribution >= 4 is 45.6 Å². The predicted octanol–water partition coefficient (Wildman–Crippen LogP) is 2.16. The molecule has 2 rings (SSSR count). The summed E-state index contributed by atoms with van der Waals surface area (Å²) in [5.41, 5.74) is 0. The monoisotopic (exact) mass is 335 g/mol. The van der Waals surface area contributed by atoms with Crippen molar-refractivity contribution < 1.29 is 9.59 Å². The van der Waals surface area contributed by atoms with Gasteiger partial charge in [-0.15, -0.1) is 11.3 Å². The van der Waals surface area contributed by atoms with E-state index in [2.05, 4.69) is 22.6 Å². The fourth-order valence-electron chi connectivity index (χ4n) is 1.55. The molecule has 15 heavy (non-hydrogen) atoms. The molecule has 2 heterocycles. The van der Waals surface area contributed by atoms with Crippen molar-refractivity contribution in [3.8, 4) is 0 Å². The Balaban J connectivity index is 2.09. The molecule has 0 radical (unpaired) electrons. The molecule has 0 aromatic carbocycles. The summed E-state index contributed by atoms with van der Waals surface area (Å²) in [6.07, 6.45) is 1.02. The molecule has 1 saturated heterocycles. The van der Waals surface area contributed by atoms with Gasteiger partial charge in [0.15, 0.2) is 0 Å². The zero-order valence-corrected chi connectivity index (χ0v) is 11.0. The SMILES string of the molecule is O=C1CCN(C(=O)c2sccc2I)CC1. The summed E-state index contributed by atoms with van der Waals surface area (Å²) in [6, 6.07) is 1.94. The second-order valence-corrected chi connectivity index (χ2v) is 5.51. The Morgan fingerprint density at radius 3 is 2.60 bits per heavy atom. The van der Waals surface area contributed by atoms with E-state index in [1.165, 1.54) is 11.3 Å². The third-order valence-electron chi connectivity index (χ3n) is 2.42. The Morgan fingerprint density at radius 2 is 2.07 bits per heavy atom. The summed E-state index contributed by atoms with van der Waals surface area (Å²) >= 11 is 3.64. The quantitative estimate of drug-likeness (QED) is 0.738. The van der Waals surface area contributed by atoms with Gasteiger partial charge in [-0.05, 0) is 34.0 Å². The summed E-state index contributed by atoms with van der Waals surface area (Å²) in [7, 11) is 0. The molecular formula is C10H10INO2S. The van der Waals surface area contributed by atoms with Crippen molar-refractivity contribution in [1.29, 1.82) is 0 Å². The normalized spacial score (nSPS) is 16.9. The smallest absolute Gasteiger partial charge is 0.265 e. The standard InChI is InChI=1S/C10H10INO2S/c11-8-3-6-15-9(8)10(14)12-4-1-7(13)2-5-12/h3,6H,1-2,4-5H2. The van der Waals surface area contributed by atoms with Crippen LogP contribution in [-0.4, -0.2) is 29.7 Å². The molecule has 0 N–H and O–H groups in total. The molecule has 1 fully saturated rings. The van der Waals surface area contributed by atoms with Crippen LogP contribution in [0.4, 0.5) is 0 Å². The van der Waals surface area contributed by atoms with Gasteiger partial charge in [0.05, 0.1) is 0 Å². The first-order valence-electron chi connectivity index (χ1n) is 4.72. The van der Waals surface area contributed by atoms with Crippen molar-refractivity contribution in [2.75, 3.05) is 13.1 Å². The Morgan fingerprint density at radius 1 is 1.40 bits per heavy atom. The number of nitrogens with zero attached hydrogens (tertiary/aromatic N) is 1. The van der Waals surface area contributed by atoms with Crippen molar-refractivity contribution in [3.05, 3.63) is 19.9 Å². The van der Waals surface area contributed by atoms with E-state index in [1.807, 2.05) is 11.4 Å². The van der Waals surface area contributed by atoms with Gasteiger partial charge in [-0.25, -0.2) is 0 Å². The van der Waals surface area contributed by atoms with Gasteiger partial charge in [0.25, 0.3) is 5.91 Å². The number of amides is 1. The molecule has 1 aromatic heterocycles. The molecule has 0 bridgehead atoms. The van der Waals surface area contributed by atoms with Crippen LogP contribution < -0.4 is 0 Å². The van der Waals surface area contributed by atoms with Gasteiger partial charge in [0.2, 0.25) is 0 Å². The van der Waals surface area contributed by atoms with Gasteiger partial charge in [0, 0.05) is 29.5 Å². The van der Waals surface area contributed by atoms with E-state index in [-0.39, 0.29) is 11.7 Å². The largest absolute Gasteiger partial charge is 0.337 e. The van der Waals surface area contributed by atoms with Crippen LogP contribution in [0.5, 0.6) is 0 Å². The van der Waals surface area contributed by atoms with Crippen molar-refractivity contribution in [2.45, 2.75) is 12.8 Å². The van der Waals surface area contributed by atoms with E-state index in [0.29, 0.717) is 25.9 Å². The van der Waals surface area contributed by atoms with Crippen LogP contribution in [0.2, 0.25) is 0 Å². The summed E-state index contributed by atoms with van der Waals surface area (Å²) in [5.74, 6) is 0.335. The van der Waals surface area contributed by atoms with Crippen molar-refractivity contribution in [3.63, 3.8) is 0 Å². The third kappa shape index (κ3) is 2.39. The number of carbonyl (C=O) groups is 2. The minimum atomic E-state index is 0.0712. The number of ketones is 1. The zero-order chi connectivity index (χ0) is 10.8. The van der Waals surface area contributed by atoms with Crippen LogP contribution in [0.1, 0.15) is 22.5 Å². The van der Waals surface area contributed by atoms with Crippen LogP contribution >= 0.6 is 33.9 Å². The van der Waals surface area contributed by atoms with Crippen LogP contribution in [0.3, 0.4) is 0 Å². The first-order chi connectivity index (χ1) is 7.18. The number of Topliss-reactive ketones (excluding diaryl/α,β-unsaturated/α-hetero) is 1. The van der Waals surface area contributed by atoms with E-state index in [9.17, 15) is 9.59 Å². The van der Waals surface area contributed by atoms with E-state index >= 15 is 0 Å². The highest BCUT2D eigenvalue weighted by atomic mass is 127. The Labute approximate surface area is 106 Å². The van der Waals surface area contributed by atoms with E-state index in [0.717, 1.165) is 8.45 Å². The Hall–Kier alpha value is -0.430. The van der Waals surface area contributed by atoms with Gasteiger partial charge in [0.1, 0.15) is 10.7 Å². The predicted molar refractivity (Wildman–Crippen MR) is 67.2 cm³/mol. The first kappa shape index (κ1) is 11.1. The fraction of sp³-hybridized carbons (Fsp3) is 0.400. The molecular weight excluding hydrogens is 325 g/mol. The number of likely N-dealkylation sites (tertiary alicyclic amines) is 1. The number of halogens is 1. The van der Waals surface area contributed by atoms with Gasteiger partial charge >= 0.3 is 0 Å². The van der Waals surface area contributed by atoms with Gasteiger partial charge in [-0.2, -0.15) is 0 Å². The molecule has 0 saturated carbocycles. The lowest BCUT2D eigenvalue weighted by Crippen LogP contribution is -2.38. The highest BCUT2D eigenvalue weighted by Crippen LogP contribution is 2.21. The Bertz CT molecular complexity index is 392. The van der Waals surface area contributed by atoms with Gasteiger partial charge in [-0.3, -0.25) is 9.59 Å². The van der Waals surface area contributed by atoms with Crippen LogP contribution in [-0.2, 0) is 4.79 Å². The molecule has 5 heteroatoms. The number of thiophene rings is 1. The molecule has 1 aliphatic heterocycles. The molecule has 0 atom stereocenters. The van der Waals surface area contributed by atoms with E-state index < -0.39 is 0 Å². The van der Waals surface area contributed by atoms with Crippen LogP contribution in [0, 0.1) is 3.57 Å². The minimum absolute atomic E-state index is 0.0712. The van der Waals surface area contributed by atoms with Crippen molar-refractivity contribution in [2.24, 2.45) is 0 Å². The van der Waals surface area contributed by atoms with Crippen LogP contribution in [0.25, 0.3) is 0 Å². The average molecular weight is 335 g/mol. The topological polar surface area (TPSA) is 37.4 Å². The number of hydrogen-bond acceptors (Lipinski definition) is 3. The lowest BCUT2D eigenvalue weighted by atomic mass is 10.1. The number of rotatable bonds is 1. The summed E-state index contributed by atoms with van der Waals surface area (Å²) in [6.45, 7) is 1.15. The van der Waals surface area contributed by atoms with E-state index in [1.54, 1.807) is 4.90 Å². The highest BCUT2D eigenvalue weighted by Gasteiger charge is 2.23. The molecule has 3 nitrogen and oxygen atoms in total. The Kier molecular flexibility index (Phi) is 3.40. The number of piperidine rings is 1. The second-order valence-electron chi connectivity index (χ2n) is 3.43. The van der Waals surface area contributed by atoms with Crippen LogP contribution in [0.15, 0.2) is 11.4 Å². The molecule has 1 aliphatic rings. The summed E-state index contributed by atoms with van der Waals surface area (Å²) in [5, 5.41) is 1.92. The van der Waals surface area contributed by atoms with E-state index in [4.69, 9.17) is 0 Å². The molecule has 1 amide bonds. The number of carbonyl (C=O) groups excluding carboxylic acids is 2. The maximum atomic E-state index is 12.0. The molecule has 0 unspecified atom stereocenters. The zero-order valence-electron chi connectivity index (χ0n) is 8.03. The summed E-state index contributed by atoms with van der Waals surface area (Å²) < 4.78 is 1.000. The minimum Gasteiger partial charge on any atom is -0.337 e. The second kappa shape index (κ2) is 4.61. The third-order valence-corrected chi connectivity index (χ3v) is 4.59. The van der Waals surface area contributed by atoms with Gasteiger partial charge < -0.3 is 4.90 Å². The fourth-order valence-corrected chi connectivity index (χ4v) is 3.34. The maximum Gasteiger partial charge on any atom is 0.265 e.